The van der Waals surface area contributed by atoms with Crippen LogP contribution in [-0.2, 0) is 7.05 Å². The smallest absolute Gasteiger partial charge is 0.270 e. The maximum Gasteiger partial charge on any atom is 0.270 e. The Hall–Kier alpha value is -1.45. The molecule has 0 aliphatic carbocycles. The molecular formula is C14H23N3O. The first kappa shape index (κ1) is 13.0. The highest BCUT2D eigenvalue weighted by molar-refractivity contribution is 5.93. The SMILES string of the molecule is CCCC1CCN(C(=O)c2cc(N)cn2C)CC1. The van der Waals surface area contributed by atoms with Crippen molar-refractivity contribution < 1.29 is 4.79 Å². The third kappa shape index (κ3) is 2.68. The average molecular weight is 249 g/mol. The molecule has 1 aromatic rings. The van der Waals surface area contributed by atoms with E-state index >= 15 is 0 Å². The van der Waals surface area contributed by atoms with Gasteiger partial charge in [-0.25, -0.2) is 0 Å². The molecule has 1 aromatic heterocycles. The van der Waals surface area contributed by atoms with Crippen molar-refractivity contribution in [1.82, 2.24) is 9.47 Å². The summed E-state index contributed by atoms with van der Waals surface area (Å²) in [6.45, 7) is 3.99. The van der Waals surface area contributed by atoms with Crippen LogP contribution in [0.3, 0.4) is 0 Å². The van der Waals surface area contributed by atoms with E-state index < -0.39 is 0 Å². The predicted molar refractivity (Wildman–Crippen MR) is 73.4 cm³/mol. The number of anilines is 1. The molecule has 0 saturated carbocycles. The highest BCUT2D eigenvalue weighted by Crippen LogP contribution is 2.23. The minimum absolute atomic E-state index is 0.115. The van der Waals surface area contributed by atoms with E-state index in [4.69, 9.17) is 5.73 Å². The van der Waals surface area contributed by atoms with Gasteiger partial charge in [-0.2, -0.15) is 0 Å². The fourth-order valence-corrected chi connectivity index (χ4v) is 2.80. The number of aromatic nitrogens is 1. The van der Waals surface area contributed by atoms with E-state index in [9.17, 15) is 4.79 Å². The van der Waals surface area contributed by atoms with Gasteiger partial charge in [0.2, 0.25) is 0 Å². The van der Waals surface area contributed by atoms with Crippen molar-refractivity contribution in [2.24, 2.45) is 13.0 Å². The summed E-state index contributed by atoms with van der Waals surface area (Å²) in [7, 11) is 1.87. The molecule has 100 valence electrons. The maximum atomic E-state index is 12.3. The fraction of sp³-hybridized carbons (Fsp3) is 0.643. The van der Waals surface area contributed by atoms with Gasteiger partial charge < -0.3 is 15.2 Å². The van der Waals surface area contributed by atoms with Crippen molar-refractivity contribution in [3.8, 4) is 0 Å². The average Bonchev–Trinajstić information content (AvgIpc) is 2.69. The molecule has 2 N–H and O–H groups in total. The number of hydrogen-bond donors (Lipinski definition) is 1. The van der Waals surface area contributed by atoms with Gasteiger partial charge in [0, 0.05) is 26.3 Å². The molecule has 4 heteroatoms. The second kappa shape index (κ2) is 5.46. The number of carbonyl (C=O) groups excluding carboxylic acids is 1. The Morgan fingerprint density at radius 2 is 2.11 bits per heavy atom. The number of carbonyl (C=O) groups is 1. The number of nitrogens with zero attached hydrogens (tertiary/aromatic N) is 2. The Morgan fingerprint density at radius 3 is 2.61 bits per heavy atom. The minimum atomic E-state index is 0.115. The highest BCUT2D eigenvalue weighted by Gasteiger charge is 2.24. The molecule has 0 atom stereocenters. The third-order valence-electron chi connectivity index (χ3n) is 3.84. The summed E-state index contributed by atoms with van der Waals surface area (Å²) in [5.74, 6) is 0.918. The summed E-state index contributed by atoms with van der Waals surface area (Å²) in [5.41, 5.74) is 7.07. The van der Waals surface area contributed by atoms with Crippen LogP contribution in [0.2, 0.25) is 0 Å². The number of likely N-dealkylation sites (tertiary alicyclic amines) is 1. The first-order valence-electron chi connectivity index (χ1n) is 6.83. The van der Waals surface area contributed by atoms with Gasteiger partial charge in [-0.15, -0.1) is 0 Å². The topological polar surface area (TPSA) is 51.3 Å². The molecule has 1 aliphatic rings. The summed E-state index contributed by atoms with van der Waals surface area (Å²) in [6.07, 6.45) is 6.60. The summed E-state index contributed by atoms with van der Waals surface area (Å²) >= 11 is 0. The lowest BCUT2D eigenvalue weighted by Crippen LogP contribution is -2.39. The Labute approximate surface area is 109 Å². The van der Waals surface area contributed by atoms with Gasteiger partial charge in [-0.3, -0.25) is 4.79 Å². The van der Waals surface area contributed by atoms with Gasteiger partial charge in [0.15, 0.2) is 0 Å². The van der Waals surface area contributed by atoms with E-state index in [1.54, 1.807) is 12.3 Å². The Morgan fingerprint density at radius 1 is 1.44 bits per heavy atom. The predicted octanol–water partition coefficient (Wildman–Crippen LogP) is 2.26. The van der Waals surface area contributed by atoms with Gasteiger partial charge in [-0.05, 0) is 24.8 Å². The first-order valence-corrected chi connectivity index (χ1v) is 6.83. The summed E-state index contributed by atoms with van der Waals surface area (Å²) in [5, 5.41) is 0. The highest BCUT2D eigenvalue weighted by atomic mass is 16.2. The fourth-order valence-electron chi connectivity index (χ4n) is 2.80. The number of rotatable bonds is 3. The molecule has 2 rings (SSSR count). The zero-order valence-corrected chi connectivity index (χ0v) is 11.4. The lowest BCUT2D eigenvalue weighted by Gasteiger charge is -2.32. The third-order valence-corrected chi connectivity index (χ3v) is 3.84. The van der Waals surface area contributed by atoms with Gasteiger partial charge >= 0.3 is 0 Å². The van der Waals surface area contributed by atoms with Crippen molar-refractivity contribution in [3.63, 3.8) is 0 Å². The van der Waals surface area contributed by atoms with Crippen LogP contribution in [-0.4, -0.2) is 28.5 Å². The molecule has 0 unspecified atom stereocenters. The van der Waals surface area contributed by atoms with E-state index in [-0.39, 0.29) is 5.91 Å². The van der Waals surface area contributed by atoms with E-state index in [1.807, 2.05) is 16.5 Å². The zero-order valence-electron chi connectivity index (χ0n) is 11.4. The molecule has 0 bridgehead atoms. The van der Waals surface area contributed by atoms with Crippen LogP contribution in [0.15, 0.2) is 12.3 Å². The summed E-state index contributed by atoms with van der Waals surface area (Å²) < 4.78 is 1.82. The number of nitrogen functional groups attached to an aromatic ring is 1. The van der Waals surface area contributed by atoms with Crippen LogP contribution in [0.5, 0.6) is 0 Å². The molecule has 1 aliphatic heterocycles. The van der Waals surface area contributed by atoms with Gasteiger partial charge in [0.1, 0.15) is 5.69 Å². The molecule has 4 nitrogen and oxygen atoms in total. The molecular weight excluding hydrogens is 226 g/mol. The number of amides is 1. The number of aryl methyl sites for hydroxylation is 1. The van der Waals surface area contributed by atoms with Crippen molar-refractivity contribution in [3.05, 3.63) is 18.0 Å². The summed E-state index contributed by atoms with van der Waals surface area (Å²) in [6, 6.07) is 1.76. The van der Waals surface area contributed by atoms with Crippen LogP contribution in [0.25, 0.3) is 0 Å². The largest absolute Gasteiger partial charge is 0.397 e. The molecule has 2 heterocycles. The van der Waals surface area contributed by atoms with Crippen LogP contribution in [0.4, 0.5) is 5.69 Å². The zero-order chi connectivity index (χ0) is 13.1. The van der Waals surface area contributed by atoms with Gasteiger partial charge in [0.05, 0.1) is 5.69 Å². The molecule has 18 heavy (non-hydrogen) atoms. The number of hydrogen-bond acceptors (Lipinski definition) is 2. The molecule has 0 radical (unpaired) electrons. The maximum absolute atomic E-state index is 12.3. The minimum Gasteiger partial charge on any atom is -0.397 e. The van der Waals surface area contributed by atoms with Crippen molar-refractivity contribution in [2.45, 2.75) is 32.6 Å². The molecule has 1 fully saturated rings. The van der Waals surface area contributed by atoms with Crippen LogP contribution in [0.1, 0.15) is 43.1 Å². The molecule has 0 aromatic carbocycles. The molecule has 0 spiro atoms. The van der Waals surface area contributed by atoms with Crippen molar-refractivity contribution in [1.29, 1.82) is 0 Å². The van der Waals surface area contributed by atoms with Crippen LogP contribution >= 0.6 is 0 Å². The molecule has 1 amide bonds. The van der Waals surface area contributed by atoms with Crippen LogP contribution in [0, 0.1) is 5.92 Å². The summed E-state index contributed by atoms with van der Waals surface area (Å²) in [4.78, 5) is 14.3. The lowest BCUT2D eigenvalue weighted by atomic mass is 9.92. The van der Waals surface area contributed by atoms with Crippen molar-refractivity contribution >= 4 is 11.6 Å². The second-order valence-electron chi connectivity index (χ2n) is 5.29. The number of nitrogens with two attached hydrogens (primary N) is 1. The van der Waals surface area contributed by atoms with Gasteiger partial charge in [-0.1, -0.05) is 19.8 Å². The quantitative estimate of drug-likeness (QED) is 0.893. The van der Waals surface area contributed by atoms with E-state index in [2.05, 4.69) is 6.92 Å². The standard InChI is InChI=1S/C14H23N3O/c1-3-4-11-5-7-17(8-6-11)14(18)13-9-12(15)10-16(13)2/h9-11H,3-8,15H2,1-2H3. The van der Waals surface area contributed by atoms with E-state index in [0.717, 1.165) is 31.8 Å². The van der Waals surface area contributed by atoms with Gasteiger partial charge in [0.25, 0.3) is 5.91 Å². The monoisotopic (exact) mass is 249 g/mol. The van der Waals surface area contributed by atoms with E-state index in [0.29, 0.717) is 11.4 Å². The van der Waals surface area contributed by atoms with E-state index in [1.165, 1.54) is 12.8 Å². The Bertz CT molecular complexity index is 417. The van der Waals surface area contributed by atoms with Crippen LogP contribution < -0.4 is 5.73 Å². The second-order valence-corrected chi connectivity index (χ2v) is 5.29. The molecule has 1 saturated heterocycles. The number of piperidine rings is 1. The van der Waals surface area contributed by atoms with Crippen molar-refractivity contribution in [2.75, 3.05) is 18.8 Å². The normalized spacial score (nSPS) is 17.1. The first-order chi connectivity index (χ1) is 8.61. The Balaban J connectivity index is 1.97. The Kier molecular flexibility index (Phi) is 3.94. The lowest BCUT2D eigenvalue weighted by molar-refractivity contribution is 0.0677.